The molecule has 0 heterocycles. The Morgan fingerprint density at radius 3 is 1.14 bits per heavy atom. The Kier molecular flexibility index (Phi) is 53.5. The van der Waals surface area contributed by atoms with E-state index in [4.69, 9.17) is 4.74 Å². The van der Waals surface area contributed by atoms with Gasteiger partial charge in [0.1, 0.15) is 0 Å². The summed E-state index contributed by atoms with van der Waals surface area (Å²) < 4.78 is 5.43. The summed E-state index contributed by atoms with van der Waals surface area (Å²) in [5.41, 5.74) is 0. The van der Waals surface area contributed by atoms with Crippen molar-refractivity contribution >= 4 is 11.9 Å². The van der Waals surface area contributed by atoms with E-state index < -0.39 is 12.1 Å². The average molecular weight is 917 g/mol. The van der Waals surface area contributed by atoms with E-state index in [-0.39, 0.29) is 18.5 Å². The van der Waals surface area contributed by atoms with E-state index >= 15 is 0 Å². The minimum Gasteiger partial charge on any atom is -0.466 e. The molecule has 2 unspecified atom stereocenters. The third-order valence-corrected chi connectivity index (χ3v) is 13.6. The third kappa shape index (κ3) is 51.6. The zero-order valence-corrected chi connectivity index (χ0v) is 43.7. The van der Waals surface area contributed by atoms with Crippen molar-refractivity contribution in [1.82, 2.24) is 5.32 Å². The molecule has 0 aliphatic heterocycles. The van der Waals surface area contributed by atoms with E-state index in [1.807, 2.05) is 6.08 Å². The lowest BCUT2D eigenvalue weighted by atomic mass is 10.0. The molecule has 0 aliphatic rings. The number of aliphatic hydroxyl groups excluding tert-OH is 2. The highest BCUT2D eigenvalue weighted by Crippen LogP contribution is 2.18. The lowest BCUT2D eigenvalue weighted by Crippen LogP contribution is -2.45. The Labute approximate surface area is 405 Å². The Hall–Kier alpha value is -1.66. The largest absolute Gasteiger partial charge is 0.466 e. The van der Waals surface area contributed by atoms with Crippen molar-refractivity contribution in [2.24, 2.45) is 0 Å². The molecule has 0 fully saturated rings. The zero-order chi connectivity index (χ0) is 47.2. The third-order valence-electron chi connectivity index (χ3n) is 13.6. The van der Waals surface area contributed by atoms with Crippen molar-refractivity contribution in [3.63, 3.8) is 0 Å². The second-order valence-electron chi connectivity index (χ2n) is 20.0. The molecule has 0 aromatic rings. The first-order chi connectivity index (χ1) is 32.0. The average Bonchev–Trinajstić information content (AvgIpc) is 3.31. The predicted molar refractivity (Wildman–Crippen MR) is 283 cm³/mol. The molecule has 6 heteroatoms. The predicted octanol–water partition coefficient (Wildman–Crippen LogP) is 17.9. The van der Waals surface area contributed by atoms with Crippen LogP contribution in [0.5, 0.6) is 0 Å². The molecule has 384 valence electrons. The number of allylic oxidation sites excluding steroid dienone is 3. The highest BCUT2D eigenvalue weighted by atomic mass is 16.5. The first-order valence-electron chi connectivity index (χ1n) is 29.1. The van der Waals surface area contributed by atoms with Crippen molar-refractivity contribution in [3.05, 3.63) is 24.3 Å². The molecular formula is C59H113NO5. The first-order valence-corrected chi connectivity index (χ1v) is 29.1. The second-order valence-corrected chi connectivity index (χ2v) is 20.0. The van der Waals surface area contributed by atoms with Crippen LogP contribution in [0, 0.1) is 0 Å². The van der Waals surface area contributed by atoms with Gasteiger partial charge in [-0.05, 0) is 51.9 Å². The van der Waals surface area contributed by atoms with Crippen LogP contribution in [-0.4, -0.2) is 47.4 Å². The summed E-state index contributed by atoms with van der Waals surface area (Å²) in [5, 5.41) is 23.1. The molecule has 3 N–H and O–H groups in total. The number of amides is 1. The Bertz CT molecular complexity index is 1010. The lowest BCUT2D eigenvalue weighted by Gasteiger charge is -2.20. The molecule has 6 nitrogen and oxygen atoms in total. The maximum atomic E-state index is 12.4. The van der Waals surface area contributed by atoms with Gasteiger partial charge in [0.15, 0.2) is 0 Å². The minimum absolute atomic E-state index is 0.00202. The summed E-state index contributed by atoms with van der Waals surface area (Å²) in [6.07, 6.45) is 66.6. The van der Waals surface area contributed by atoms with Gasteiger partial charge in [-0.25, -0.2) is 0 Å². The lowest BCUT2D eigenvalue weighted by molar-refractivity contribution is -0.143. The van der Waals surface area contributed by atoms with Crippen LogP contribution < -0.4 is 5.32 Å². The van der Waals surface area contributed by atoms with Crippen molar-refractivity contribution in [2.75, 3.05) is 13.2 Å². The number of aliphatic hydroxyl groups is 2. The van der Waals surface area contributed by atoms with Crippen molar-refractivity contribution in [2.45, 2.75) is 328 Å². The first kappa shape index (κ1) is 63.3. The quantitative estimate of drug-likeness (QED) is 0.0321. The second kappa shape index (κ2) is 54.9. The normalized spacial score (nSPS) is 12.7. The molecule has 0 spiro atoms. The molecular weight excluding hydrogens is 803 g/mol. The Balaban J connectivity index is 3.36. The summed E-state index contributed by atoms with van der Waals surface area (Å²) >= 11 is 0. The van der Waals surface area contributed by atoms with Crippen LogP contribution in [0.3, 0.4) is 0 Å². The number of carbonyl (C=O) groups excluding carboxylic acids is 2. The van der Waals surface area contributed by atoms with Gasteiger partial charge < -0.3 is 20.3 Å². The number of nitrogens with one attached hydrogen (secondary N) is 1. The SMILES string of the molecule is C/C=C\CCCCCCCC(=O)OCCCCCCCCCCCCCCCCCCCCCCCCCCCCCC(=O)NC(CO)C(O)/C=C/CCCCCCCCCCCCC. The molecule has 0 rings (SSSR count). The van der Waals surface area contributed by atoms with Gasteiger partial charge in [0, 0.05) is 12.8 Å². The molecule has 0 aromatic carbocycles. The van der Waals surface area contributed by atoms with Crippen molar-refractivity contribution < 1.29 is 24.5 Å². The minimum atomic E-state index is -0.841. The maximum absolute atomic E-state index is 12.4. The molecule has 65 heavy (non-hydrogen) atoms. The van der Waals surface area contributed by atoms with Crippen LogP contribution in [0.1, 0.15) is 316 Å². The fourth-order valence-electron chi connectivity index (χ4n) is 9.11. The topological polar surface area (TPSA) is 95.9 Å². The van der Waals surface area contributed by atoms with E-state index in [2.05, 4.69) is 31.3 Å². The van der Waals surface area contributed by atoms with Gasteiger partial charge in [0.2, 0.25) is 5.91 Å². The Morgan fingerprint density at radius 2 is 0.769 bits per heavy atom. The number of esters is 1. The van der Waals surface area contributed by atoms with Crippen molar-refractivity contribution in [1.29, 1.82) is 0 Å². The molecule has 0 bridgehead atoms. The zero-order valence-electron chi connectivity index (χ0n) is 43.7. The van der Waals surface area contributed by atoms with Crippen LogP contribution in [0.4, 0.5) is 0 Å². The van der Waals surface area contributed by atoms with Crippen LogP contribution in [0.2, 0.25) is 0 Å². The number of rotatable bonds is 54. The molecule has 0 saturated heterocycles. The van der Waals surface area contributed by atoms with Crippen LogP contribution in [0.15, 0.2) is 24.3 Å². The molecule has 0 saturated carbocycles. The van der Waals surface area contributed by atoms with E-state index in [0.717, 1.165) is 44.9 Å². The molecule has 0 radical (unpaired) electrons. The molecule has 0 aliphatic carbocycles. The summed E-state index contributed by atoms with van der Waals surface area (Å²) in [5.74, 6) is -0.0628. The van der Waals surface area contributed by atoms with Gasteiger partial charge in [-0.2, -0.15) is 0 Å². The van der Waals surface area contributed by atoms with Crippen LogP contribution >= 0.6 is 0 Å². The number of unbranched alkanes of at least 4 members (excludes halogenated alkanes) is 42. The van der Waals surface area contributed by atoms with E-state index in [1.54, 1.807) is 6.08 Å². The van der Waals surface area contributed by atoms with Gasteiger partial charge in [-0.3, -0.25) is 9.59 Å². The van der Waals surface area contributed by atoms with Gasteiger partial charge in [0.05, 0.1) is 25.4 Å². The van der Waals surface area contributed by atoms with Gasteiger partial charge >= 0.3 is 5.97 Å². The number of ether oxygens (including phenoxy) is 1. The monoisotopic (exact) mass is 916 g/mol. The van der Waals surface area contributed by atoms with Gasteiger partial charge in [0.25, 0.3) is 0 Å². The van der Waals surface area contributed by atoms with Gasteiger partial charge in [-0.15, -0.1) is 0 Å². The summed E-state index contributed by atoms with van der Waals surface area (Å²) in [6.45, 7) is 4.71. The van der Waals surface area contributed by atoms with Crippen molar-refractivity contribution in [3.8, 4) is 0 Å². The molecule has 2 atom stereocenters. The summed E-state index contributed by atoms with van der Waals surface area (Å²) in [7, 11) is 0. The maximum Gasteiger partial charge on any atom is 0.305 e. The smallest absolute Gasteiger partial charge is 0.305 e. The van der Waals surface area contributed by atoms with E-state index in [1.165, 1.54) is 244 Å². The highest BCUT2D eigenvalue weighted by molar-refractivity contribution is 5.76. The van der Waals surface area contributed by atoms with Gasteiger partial charge in [-0.1, -0.05) is 275 Å². The Morgan fingerprint density at radius 1 is 0.446 bits per heavy atom. The highest BCUT2D eigenvalue weighted by Gasteiger charge is 2.18. The van der Waals surface area contributed by atoms with E-state index in [9.17, 15) is 19.8 Å². The standard InChI is InChI=1S/C59H113NO5/c1-3-5-7-9-11-13-14-30-33-36-39-43-47-51-57(62)56(55-61)60-58(63)52-48-44-40-37-34-31-28-26-24-22-20-18-16-15-17-19-21-23-25-27-29-32-35-38-42-46-50-54-65-59(64)53-49-45-41-12-10-8-6-4-2/h4,6,47,51,56-57,61-62H,3,5,7-46,48-50,52-55H2,1-2H3,(H,60,63)/b6-4-,51-47+. The number of hydrogen-bond acceptors (Lipinski definition) is 5. The summed E-state index contributed by atoms with van der Waals surface area (Å²) in [4.78, 5) is 24.3. The molecule has 0 aromatic heterocycles. The fraction of sp³-hybridized carbons (Fsp3) is 0.898. The van der Waals surface area contributed by atoms with E-state index in [0.29, 0.717) is 19.4 Å². The summed E-state index contributed by atoms with van der Waals surface area (Å²) in [6, 6.07) is -0.624. The molecule has 1 amide bonds. The van der Waals surface area contributed by atoms with Crippen LogP contribution in [0.25, 0.3) is 0 Å². The number of carbonyl (C=O) groups is 2. The fourth-order valence-corrected chi connectivity index (χ4v) is 9.11. The van der Waals surface area contributed by atoms with Crippen LogP contribution in [-0.2, 0) is 14.3 Å². The number of hydrogen-bond donors (Lipinski definition) is 3.